The highest BCUT2D eigenvalue weighted by molar-refractivity contribution is 7.24. The molecule has 0 saturated heterocycles. The van der Waals surface area contributed by atoms with Gasteiger partial charge in [-0.05, 0) is 36.3 Å². The molecule has 1 atom stereocenters. The number of fused-ring (bicyclic) bond motifs is 1. The molecular formula is C14H16FN3S3. The van der Waals surface area contributed by atoms with Crippen molar-refractivity contribution in [1.29, 1.82) is 0 Å². The highest BCUT2D eigenvalue weighted by Crippen LogP contribution is 2.39. The number of nitrogens with two attached hydrogens (primary N) is 1. The van der Waals surface area contributed by atoms with Crippen molar-refractivity contribution in [1.82, 2.24) is 4.37 Å². The lowest BCUT2D eigenvalue weighted by molar-refractivity contribution is 0.485. The molecule has 3 heterocycles. The van der Waals surface area contributed by atoms with Gasteiger partial charge in [0.05, 0.1) is 11.2 Å². The van der Waals surface area contributed by atoms with Gasteiger partial charge in [-0.2, -0.15) is 4.37 Å². The molecule has 0 saturated carbocycles. The Morgan fingerprint density at radius 3 is 3.00 bits per heavy atom. The summed E-state index contributed by atoms with van der Waals surface area (Å²) in [6.07, 6.45) is 0.704. The molecule has 7 heteroatoms. The van der Waals surface area contributed by atoms with Crippen LogP contribution in [0.3, 0.4) is 0 Å². The minimum Gasteiger partial charge on any atom is -0.370 e. The van der Waals surface area contributed by atoms with Crippen LogP contribution in [0.15, 0.2) is 17.5 Å². The van der Waals surface area contributed by atoms with E-state index in [2.05, 4.69) is 21.1 Å². The minimum absolute atomic E-state index is 0.0317. The van der Waals surface area contributed by atoms with Crippen LogP contribution in [-0.4, -0.2) is 10.4 Å². The van der Waals surface area contributed by atoms with Gasteiger partial charge in [0.1, 0.15) is 17.2 Å². The first-order valence-electron chi connectivity index (χ1n) is 6.66. The quantitative estimate of drug-likeness (QED) is 0.699. The van der Waals surface area contributed by atoms with E-state index in [0.717, 1.165) is 26.6 Å². The van der Waals surface area contributed by atoms with Crippen molar-refractivity contribution in [2.24, 2.45) is 5.73 Å². The summed E-state index contributed by atoms with van der Waals surface area (Å²) < 4.78 is 18.8. The van der Waals surface area contributed by atoms with Crippen LogP contribution < -0.4 is 11.1 Å². The van der Waals surface area contributed by atoms with Gasteiger partial charge in [0, 0.05) is 21.4 Å². The Bertz CT molecular complexity index is 715. The van der Waals surface area contributed by atoms with Crippen molar-refractivity contribution in [2.75, 3.05) is 5.32 Å². The predicted octanol–water partition coefficient (Wildman–Crippen LogP) is 4.39. The second-order valence-electron chi connectivity index (χ2n) is 4.94. The highest BCUT2D eigenvalue weighted by atomic mass is 32.1. The SMILES string of the molecule is C[C@H](N)Cc1sc2c(NCc3cccs3)snc2c1CF. The number of rotatable bonds is 6. The largest absolute Gasteiger partial charge is 0.370 e. The Morgan fingerprint density at radius 2 is 2.33 bits per heavy atom. The number of anilines is 1. The maximum Gasteiger partial charge on any atom is 0.127 e. The lowest BCUT2D eigenvalue weighted by Gasteiger charge is -2.03. The first-order chi connectivity index (χ1) is 10.2. The molecule has 3 aromatic rings. The zero-order valence-electron chi connectivity index (χ0n) is 11.6. The number of nitrogens with zero attached hydrogens (tertiary/aromatic N) is 1. The summed E-state index contributed by atoms with van der Waals surface area (Å²) in [5.41, 5.74) is 7.37. The molecule has 3 nitrogen and oxygen atoms in total. The fourth-order valence-corrected chi connectivity index (χ4v) is 5.11. The van der Waals surface area contributed by atoms with Gasteiger partial charge in [-0.1, -0.05) is 6.07 Å². The van der Waals surface area contributed by atoms with E-state index in [1.807, 2.05) is 13.0 Å². The third-order valence-corrected chi connectivity index (χ3v) is 6.21. The molecule has 112 valence electrons. The maximum atomic E-state index is 13.3. The summed E-state index contributed by atoms with van der Waals surface area (Å²) in [6.45, 7) is 2.25. The normalized spacial score (nSPS) is 12.9. The molecule has 0 aliphatic rings. The Labute approximate surface area is 134 Å². The van der Waals surface area contributed by atoms with Gasteiger partial charge >= 0.3 is 0 Å². The van der Waals surface area contributed by atoms with Crippen molar-refractivity contribution >= 4 is 49.4 Å². The van der Waals surface area contributed by atoms with Crippen molar-refractivity contribution in [3.8, 4) is 0 Å². The van der Waals surface area contributed by atoms with Crippen molar-refractivity contribution in [3.63, 3.8) is 0 Å². The molecule has 0 aromatic carbocycles. The second-order valence-corrected chi connectivity index (χ2v) is 7.85. The molecule has 21 heavy (non-hydrogen) atoms. The van der Waals surface area contributed by atoms with Crippen LogP contribution in [0.1, 0.15) is 22.2 Å². The van der Waals surface area contributed by atoms with Crippen molar-refractivity contribution in [2.45, 2.75) is 32.6 Å². The average Bonchev–Trinajstić information content (AvgIpc) is 3.12. The van der Waals surface area contributed by atoms with Crippen LogP contribution in [0.5, 0.6) is 0 Å². The average molecular weight is 342 g/mol. The topological polar surface area (TPSA) is 50.9 Å². The highest BCUT2D eigenvalue weighted by Gasteiger charge is 2.18. The summed E-state index contributed by atoms with van der Waals surface area (Å²) in [6, 6.07) is 4.17. The Morgan fingerprint density at radius 1 is 1.48 bits per heavy atom. The van der Waals surface area contributed by atoms with Crippen LogP contribution in [-0.2, 0) is 19.6 Å². The molecule has 0 amide bonds. The molecule has 0 spiro atoms. The van der Waals surface area contributed by atoms with Gasteiger partial charge in [0.2, 0.25) is 0 Å². The fraction of sp³-hybridized carbons (Fsp3) is 0.357. The standard InChI is InChI=1S/C14H16FN3S3/c1-8(16)5-11-10(6-15)12-13(20-11)14(21-18-12)17-7-9-3-2-4-19-9/h2-4,8,17H,5-7,16H2,1H3/t8-/m0/s1. The monoisotopic (exact) mass is 341 g/mol. The van der Waals surface area contributed by atoms with E-state index >= 15 is 0 Å². The van der Waals surface area contributed by atoms with Gasteiger partial charge < -0.3 is 11.1 Å². The van der Waals surface area contributed by atoms with Crippen LogP contribution in [0.2, 0.25) is 0 Å². The first-order valence-corrected chi connectivity index (χ1v) is 9.13. The van der Waals surface area contributed by atoms with Crippen LogP contribution >= 0.6 is 34.2 Å². The molecule has 3 rings (SSSR count). The van der Waals surface area contributed by atoms with Gasteiger partial charge in [0.25, 0.3) is 0 Å². The smallest absolute Gasteiger partial charge is 0.127 e. The Hall–Kier alpha value is -1.02. The van der Waals surface area contributed by atoms with Gasteiger partial charge in [0.15, 0.2) is 0 Å². The fourth-order valence-electron chi connectivity index (χ4n) is 2.17. The third kappa shape index (κ3) is 3.11. The molecule has 0 fully saturated rings. The van der Waals surface area contributed by atoms with E-state index in [1.54, 1.807) is 22.7 Å². The molecule has 0 unspecified atom stereocenters. The van der Waals surface area contributed by atoms with Crippen molar-refractivity contribution in [3.05, 3.63) is 32.8 Å². The van der Waals surface area contributed by atoms with E-state index in [4.69, 9.17) is 5.73 Å². The number of hydrogen-bond donors (Lipinski definition) is 2. The summed E-state index contributed by atoms with van der Waals surface area (Å²) in [5, 5.41) is 6.50. The van der Waals surface area contributed by atoms with Gasteiger partial charge in [-0.15, -0.1) is 22.7 Å². The van der Waals surface area contributed by atoms with E-state index in [1.165, 1.54) is 16.4 Å². The van der Waals surface area contributed by atoms with Gasteiger partial charge in [-0.3, -0.25) is 0 Å². The zero-order chi connectivity index (χ0) is 14.8. The van der Waals surface area contributed by atoms with Crippen LogP contribution in [0, 0.1) is 0 Å². The zero-order valence-corrected chi connectivity index (χ0v) is 14.0. The number of alkyl halides is 1. The molecule has 3 N–H and O–H groups in total. The summed E-state index contributed by atoms with van der Waals surface area (Å²) in [5.74, 6) is 0. The first kappa shape index (κ1) is 14.9. The number of halogens is 1. The van der Waals surface area contributed by atoms with E-state index in [9.17, 15) is 4.39 Å². The van der Waals surface area contributed by atoms with Crippen molar-refractivity contribution < 1.29 is 4.39 Å². The predicted molar refractivity (Wildman–Crippen MR) is 91.3 cm³/mol. The number of aromatic nitrogens is 1. The maximum absolute atomic E-state index is 13.3. The minimum atomic E-state index is -0.476. The summed E-state index contributed by atoms with van der Waals surface area (Å²) in [7, 11) is 0. The van der Waals surface area contributed by atoms with E-state index in [0.29, 0.717) is 12.0 Å². The van der Waals surface area contributed by atoms with Crippen LogP contribution in [0.4, 0.5) is 9.39 Å². The molecule has 3 aromatic heterocycles. The lowest BCUT2D eigenvalue weighted by Crippen LogP contribution is -2.17. The van der Waals surface area contributed by atoms with Crippen LogP contribution in [0.25, 0.3) is 10.2 Å². The molecule has 0 aliphatic heterocycles. The summed E-state index contributed by atoms with van der Waals surface area (Å²) >= 11 is 4.74. The Kier molecular flexibility index (Phi) is 4.54. The number of nitrogens with one attached hydrogen (secondary N) is 1. The second kappa shape index (κ2) is 6.39. The van der Waals surface area contributed by atoms with E-state index < -0.39 is 6.67 Å². The molecule has 0 radical (unpaired) electrons. The van der Waals surface area contributed by atoms with Gasteiger partial charge in [-0.25, -0.2) is 4.39 Å². The van der Waals surface area contributed by atoms with E-state index in [-0.39, 0.29) is 6.04 Å². The number of thiophene rings is 2. The molecule has 0 bridgehead atoms. The molecule has 0 aliphatic carbocycles. The summed E-state index contributed by atoms with van der Waals surface area (Å²) in [4.78, 5) is 2.30. The third-order valence-electron chi connectivity index (χ3n) is 3.14. The molecular weight excluding hydrogens is 325 g/mol. The lowest BCUT2D eigenvalue weighted by atomic mass is 10.1. The Balaban J connectivity index is 1.88. The number of hydrogen-bond acceptors (Lipinski definition) is 6.